The Balaban J connectivity index is 2.00. The first kappa shape index (κ1) is 11.7. The van der Waals surface area contributed by atoms with Crippen molar-refractivity contribution in [1.29, 1.82) is 0 Å². The number of nitrogens with zero attached hydrogens (tertiary/aromatic N) is 3. The number of aryl methyl sites for hydroxylation is 1. The number of hydrogen-bond acceptors (Lipinski definition) is 5. The van der Waals surface area contributed by atoms with E-state index < -0.39 is 5.97 Å². The lowest BCUT2D eigenvalue weighted by atomic mass is 10.5. The minimum Gasteiger partial charge on any atom is -0.475 e. The van der Waals surface area contributed by atoms with Gasteiger partial charge in [-0.2, -0.15) is 5.10 Å². The lowest BCUT2D eigenvalue weighted by Crippen LogP contribution is -2.01. The van der Waals surface area contributed by atoms with Gasteiger partial charge >= 0.3 is 5.97 Å². The summed E-state index contributed by atoms with van der Waals surface area (Å²) in [6.07, 6.45) is 1.50. The Kier molecular flexibility index (Phi) is 3.48. The molecule has 1 N–H and O–H groups in total. The molecular formula is C10H11N3O3S. The summed E-state index contributed by atoms with van der Waals surface area (Å²) in [6, 6.07) is 3.08. The van der Waals surface area contributed by atoms with Crippen LogP contribution in [0.3, 0.4) is 0 Å². The Bertz CT molecular complexity index is 520. The van der Waals surface area contributed by atoms with E-state index in [2.05, 4.69) is 10.1 Å². The summed E-state index contributed by atoms with van der Waals surface area (Å²) in [4.78, 5) is 14.7. The Labute approximate surface area is 102 Å². The van der Waals surface area contributed by atoms with Gasteiger partial charge < -0.3 is 9.52 Å². The molecule has 2 rings (SSSR count). The van der Waals surface area contributed by atoms with Crippen LogP contribution < -0.4 is 0 Å². The molecule has 0 unspecified atom stereocenters. The molecule has 0 amide bonds. The van der Waals surface area contributed by atoms with Gasteiger partial charge in [0.05, 0.1) is 5.75 Å². The first-order valence-electron chi connectivity index (χ1n) is 5.03. The fraction of sp³-hybridized carbons (Fsp3) is 0.300. The number of aromatic nitrogens is 3. The van der Waals surface area contributed by atoms with E-state index in [4.69, 9.17) is 9.52 Å². The number of hydrogen-bond donors (Lipinski definition) is 1. The highest BCUT2D eigenvalue weighted by Crippen LogP contribution is 2.24. The molecule has 2 heterocycles. The molecule has 6 nitrogen and oxygen atoms in total. The molecule has 0 aliphatic carbocycles. The highest BCUT2D eigenvalue weighted by Gasteiger charge is 2.10. The molecule has 0 radical (unpaired) electrons. The molecule has 0 aliphatic rings. The highest BCUT2D eigenvalue weighted by atomic mass is 32.2. The van der Waals surface area contributed by atoms with Gasteiger partial charge in [0.2, 0.25) is 5.76 Å². The minimum absolute atomic E-state index is 0.0514. The monoisotopic (exact) mass is 253 g/mol. The summed E-state index contributed by atoms with van der Waals surface area (Å²) >= 11 is 1.39. The van der Waals surface area contributed by atoms with Gasteiger partial charge in [-0.1, -0.05) is 11.8 Å². The predicted octanol–water partition coefficient (Wildman–Crippen LogP) is 1.88. The third kappa shape index (κ3) is 2.68. The smallest absolute Gasteiger partial charge is 0.371 e. The van der Waals surface area contributed by atoms with E-state index in [0.717, 1.165) is 12.4 Å². The topological polar surface area (TPSA) is 81.2 Å². The van der Waals surface area contributed by atoms with Crippen molar-refractivity contribution in [3.63, 3.8) is 0 Å². The van der Waals surface area contributed by atoms with Crippen LogP contribution in [0.1, 0.15) is 23.3 Å². The largest absolute Gasteiger partial charge is 0.475 e. The molecule has 0 fully saturated rings. The molecule has 0 saturated heterocycles. The van der Waals surface area contributed by atoms with Crippen molar-refractivity contribution >= 4 is 17.7 Å². The summed E-state index contributed by atoms with van der Waals surface area (Å²) in [7, 11) is 0. The maximum atomic E-state index is 10.6. The van der Waals surface area contributed by atoms with Crippen molar-refractivity contribution in [2.24, 2.45) is 0 Å². The van der Waals surface area contributed by atoms with Crippen molar-refractivity contribution in [3.8, 4) is 0 Å². The maximum absolute atomic E-state index is 10.6. The number of carboxylic acids is 1. The summed E-state index contributed by atoms with van der Waals surface area (Å²) in [5.74, 6) is 0.323. The van der Waals surface area contributed by atoms with Crippen LogP contribution >= 0.6 is 11.8 Å². The zero-order valence-corrected chi connectivity index (χ0v) is 9.98. The van der Waals surface area contributed by atoms with E-state index in [9.17, 15) is 4.79 Å². The summed E-state index contributed by atoms with van der Waals surface area (Å²) in [5, 5.41) is 13.3. The summed E-state index contributed by atoms with van der Waals surface area (Å²) in [6.45, 7) is 2.74. The van der Waals surface area contributed by atoms with Crippen LogP contribution in [-0.2, 0) is 12.3 Å². The molecule has 90 valence electrons. The normalized spacial score (nSPS) is 10.6. The molecule has 2 aromatic heterocycles. The van der Waals surface area contributed by atoms with Crippen LogP contribution in [0.5, 0.6) is 0 Å². The van der Waals surface area contributed by atoms with Crippen molar-refractivity contribution in [2.75, 3.05) is 0 Å². The van der Waals surface area contributed by atoms with Crippen LogP contribution in [0.25, 0.3) is 0 Å². The Morgan fingerprint density at radius 1 is 1.59 bits per heavy atom. The molecule has 0 atom stereocenters. The average molecular weight is 253 g/mol. The van der Waals surface area contributed by atoms with Gasteiger partial charge in [-0.3, -0.25) is 0 Å². The Morgan fingerprint density at radius 2 is 2.41 bits per heavy atom. The van der Waals surface area contributed by atoms with E-state index in [1.807, 2.05) is 6.92 Å². The second kappa shape index (κ2) is 5.05. The van der Waals surface area contributed by atoms with Crippen molar-refractivity contribution < 1.29 is 14.3 Å². The molecule has 17 heavy (non-hydrogen) atoms. The first-order valence-corrected chi connectivity index (χ1v) is 6.02. The number of aromatic carboxylic acids is 1. The standard InChI is InChI=1S/C10H11N3O3S/c1-2-13-8(11-6-12-13)5-17-9-4-3-7(16-9)10(14)15/h3-4,6H,2,5H2,1H3,(H,14,15). The third-order valence-electron chi connectivity index (χ3n) is 2.13. The number of rotatable bonds is 5. The van der Waals surface area contributed by atoms with Gasteiger partial charge in [0.25, 0.3) is 0 Å². The van der Waals surface area contributed by atoms with Crippen LogP contribution in [-0.4, -0.2) is 25.8 Å². The molecule has 2 aromatic rings. The fourth-order valence-corrected chi connectivity index (χ4v) is 2.12. The Hall–Kier alpha value is -1.76. The second-order valence-corrected chi connectivity index (χ2v) is 4.18. The number of thioether (sulfide) groups is 1. The lowest BCUT2D eigenvalue weighted by Gasteiger charge is -2.00. The highest BCUT2D eigenvalue weighted by molar-refractivity contribution is 7.98. The van der Waals surface area contributed by atoms with Gasteiger partial charge in [-0.25, -0.2) is 14.5 Å². The van der Waals surface area contributed by atoms with Gasteiger partial charge in [0.1, 0.15) is 12.2 Å². The van der Waals surface area contributed by atoms with E-state index in [1.165, 1.54) is 24.2 Å². The molecule has 0 aromatic carbocycles. The third-order valence-corrected chi connectivity index (χ3v) is 3.04. The minimum atomic E-state index is -1.06. The zero-order valence-electron chi connectivity index (χ0n) is 9.16. The molecule has 7 heteroatoms. The molecular weight excluding hydrogens is 242 g/mol. The van der Waals surface area contributed by atoms with Gasteiger partial charge in [0.15, 0.2) is 5.09 Å². The maximum Gasteiger partial charge on any atom is 0.371 e. The van der Waals surface area contributed by atoms with E-state index in [1.54, 1.807) is 10.7 Å². The van der Waals surface area contributed by atoms with Crippen LogP contribution in [0, 0.1) is 0 Å². The lowest BCUT2D eigenvalue weighted by molar-refractivity contribution is 0.0656. The first-order chi connectivity index (χ1) is 8.20. The van der Waals surface area contributed by atoms with Gasteiger partial charge in [-0.15, -0.1) is 0 Å². The van der Waals surface area contributed by atoms with Gasteiger partial charge in [-0.05, 0) is 19.1 Å². The van der Waals surface area contributed by atoms with Crippen LogP contribution in [0.2, 0.25) is 0 Å². The molecule has 0 spiro atoms. The number of furan rings is 1. The van der Waals surface area contributed by atoms with Crippen molar-refractivity contribution in [1.82, 2.24) is 14.8 Å². The number of carboxylic acid groups (broad SMARTS) is 1. The predicted molar refractivity (Wildman–Crippen MR) is 60.9 cm³/mol. The molecule has 0 aliphatic heterocycles. The van der Waals surface area contributed by atoms with Crippen molar-refractivity contribution in [2.45, 2.75) is 24.3 Å². The zero-order chi connectivity index (χ0) is 12.3. The quantitative estimate of drug-likeness (QED) is 0.819. The van der Waals surface area contributed by atoms with Crippen LogP contribution in [0.4, 0.5) is 0 Å². The van der Waals surface area contributed by atoms with E-state index in [-0.39, 0.29) is 5.76 Å². The van der Waals surface area contributed by atoms with Crippen LogP contribution in [0.15, 0.2) is 28.0 Å². The second-order valence-electron chi connectivity index (χ2n) is 3.20. The SMILES string of the molecule is CCn1ncnc1CSc1ccc(C(=O)O)o1. The molecule has 0 saturated carbocycles. The fourth-order valence-electron chi connectivity index (χ4n) is 1.31. The average Bonchev–Trinajstić information content (AvgIpc) is 2.95. The molecule has 0 bridgehead atoms. The number of carbonyl (C=O) groups is 1. The summed E-state index contributed by atoms with van der Waals surface area (Å²) < 4.78 is 6.91. The van der Waals surface area contributed by atoms with E-state index in [0.29, 0.717) is 10.8 Å². The van der Waals surface area contributed by atoms with Crippen molar-refractivity contribution in [3.05, 3.63) is 30.0 Å². The Morgan fingerprint density at radius 3 is 3.06 bits per heavy atom. The summed E-state index contributed by atoms with van der Waals surface area (Å²) in [5.41, 5.74) is 0. The van der Waals surface area contributed by atoms with Gasteiger partial charge in [0, 0.05) is 6.54 Å². The van der Waals surface area contributed by atoms with E-state index >= 15 is 0 Å².